The lowest BCUT2D eigenvalue weighted by Crippen LogP contribution is -2.48. The number of carbonyl (C=O) groups is 2. The molecule has 4 aliphatic rings. The zero-order valence-corrected chi connectivity index (χ0v) is 28.0. The summed E-state index contributed by atoms with van der Waals surface area (Å²) in [7, 11) is 0.591. The Bertz CT molecular complexity index is 1710. The zero-order chi connectivity index (χ0) is 33.9. The van der Waals surface area contributed by atoms with Gasteiger partial charge in [0.1, 0.15) is 5.75 Å². The smallest absolute Gasteiger partial charge is 0.455 e. The molecule has 9 nitrogen and oxygen atoms in total. The molecule has 4 heterocycles. The number of piperidine rings is 1. The predicted octanol–water partition coefficient (Wildman–Crippen LogP) is 5.22. The number of phenols is 1. The molecule has 49 heavy (non-hydrogen) atoms. The second kappa shape index (κ2) is 14.8. The van der Waals surface area contributed by atoms with E-state index in [2.05, 4.69) is 34.1 Å². The average molecular weight is 662 g/mol. The van der Waals surface area contributed by atoms with Crippen molar-refractivity contribution in [1.29, 1.82) is 0 Å². The molecule has 2 N–H and O–H groups in total. The van der Waals surface area contributed by atoms with E-state index >= 15 is 0 Å². The second-order valence-corrected chi connectivity index (χ2v) is 13.8. The maximum absolute atomic E-state index is 14.3. The van der Waals surface area contributed by atoms with Gasteiger partial charge in [0.15, 0.2) is 0 Å². The summed E-state index contributed by atoms with van der Waals surface area (Å²) < 4.78 is 11.9. The van der Waals surface area contributed by atoms with Gasteiger partial charge >= 0.3 is 7.12 Å². The van der Waals surface area contributed by atoms with E-state index in [0.717, 1.165) is 54.9 Å². The van der Waals surface area contributed by atoms with Gasteiger partial charge in [-0.2, -0.15) is 0 Å². The Labute approximate surface area is 288 Å². The maximum atomic E-state index is 14.3. The summed E-state index contributed by atoms with van der Waals surface area (Å²) in [6, 6.07) is 23.2. The van der Waals surface area contributed by atoms with Gasteiger partial charge in [-0.3, -0.25) is 24.4 Å². The van der Waals surface area contributed by atoms with Crippen molar-refractivity contribution in [3.8, 4) is 5.75 Å². The fourth-order valence-corrected chi connectivity index (χ4v) is 8.54. The van der Waals surface area contributed by atoms with Gasteiger partial charge in [0.25, 0.3) is 0 Å². The van der Waals surface area contributed by atoms with Crippen LogP contribution in [0.2, 0.25) is 6.32 Å². The Balaban J connectivity index is 1.11. The molecule has 0 unspecified atom stereocenters. The van der Waals surface area contributed by atoms with Gasteiger partial charge in [-0.25, -0.2) is 0 Å². The summed E-state index contributed by atoms with van der Waals surface area (Å²) in [5.41, 5.74) is 5.65. The molecule has 254 valence electrons. The van der Waals surface area contributed by atoms with Crippen LogP contribution in [-0.2, 0) is 25.5 Å². The minimum absolute atomic E-state index is 0.0789. The molecule has 3 aliphatic heterocycles. The average Bonchev–Trinajstić information content (AvgIpc) is 3.37. The summed E-state index contributed by atoms with van der Waals surface area (Å²) in [4.78, 5) is 37.0. The van der Waals surface area contributed by atoms with Gasteiger partial charge in [-0.15, -0.1) is 0 Å². The van der Waals surface area contributed by atoms with Crippen molar-refractivity contribution in [1.82, 2.24) is 14.8 Å². The molecule has 0 saturated carbocycles. The van der Waals surface area contributed by atoms with Crippen LogP contribution >= 0.6 is 0 Å². The number of ether oxygens (including phenoxy) is 1. The second-order valence-electron chi connectivity index (χ2n) is 13.8. The van der Waals surface area contributed by atoms with Crippen molar-refractivity contribution in [2.75, 3.05) is 26.8 Å². The Morgan fingerprint density at radius 1 is 1.00 bits per heavy atom. The minimum Gasteiger partial charge on any atom is -0.507 e. The number of allylic oxidation sites excluding steroid dienone is 1. The standard InChI is InChI=1S/C39H44BN3O6/c1-48-25-29-22-31-37(39(46)43(38(31)45)30-16-19-42(20-17-30)24-26-9-3-2-4-10-26)32-23-40(47)49-35(36(29)32)15-14-27(33-12-7-8-18-41-33)21-28-11-5-6-13-34(28)44/h2-13,18,21,30-32,35,37,44,47H,14-17,19-20,22-25H2,1H3/b27-21-/t31-,32+,35-,37-/m1/s1. The molecule has 0 bridgehead atoms. The Hall–Kier alpha value is -4.09. The number of aromatic hydroxyl groups is 1. The molecule has 1 aliphatic carbocycles. The first-order chi connectivity index (χ1) is 23.9. The van der Waals surface area contributed by atoms with Crippen molar-refractivity contribution >= 4 is 30.6 Å². The van der Waals surface area contributed by atoms with Crippen LogP contribution in [-0.4, -0.2) is 82.8 Å². The van der Waals surface area contributed by atoms with Crippen LogP contribution in [0.1, 0.15) is 48.9 Å². The molecule has 7 rings (SSSR count). The highest BCUT2D eigenvalue weighted by atomic mass is 16.5. The van der Waals surface area contributed by atoms with E-state index in [4.69, 9.17) is 9.39 Å². The van der Waals surface area contributed by atoms with Gasteiger partial charge < -0.3 is 19.5 Å². The third-order valence-corrected chi connectivity index (χ3v) is 10.8. The largest absolute Gasteiger partial charge is 0.507 e. The highest BCUT2D eigenvalue weighted by Gasteiger charge is 2.58. The number of carbonyl (C=O) groups excluding carboxylic acids is 2. The number of hydrogen-bond donors (Lipinski definition) is 2. The zero-order valence-electron chi connectivity index (χ0n) is 28.0. The lowest BCUT2D eigenvalue weighted by Gasteiger charge is -2.43. The number of benzene rings is 2. The van der Waals surface area contributed by atoms with Crippen LogP contribution in [0.5, 0.6) is 5.75 Å². The number of para-hydroxylation sites is 1. The number of hydrogen-bond acceptors (Lipinski definition) is 8. The summed E-state index contributed by atoms with van der Waals surface area (Å²) in [6.45, 7) is 2.86. The summed E-state index contributed by atoms with van der Waals surface area (Å²) >= 11 is 0. The highest BCUT2D eigenvalue weighted by molar-refractivity contribution is 6.43. The molecule has 3 fully saturated rings. The monoisotopic (exact) mass is 661 g/mol. The maximum Gasteiger partial charge on any atom is 0.455 e. The van der Waals surface area contributed by atoms with Crippen LogP contribution in [0.25, 0.3) is 11.6 Å². The van der Waals surface area contributed by atoms with Gasteiger partial charge in [-0.05, 0) is 90.9 Å². The third-order valence-electron chi connectivity index (χ3n) is 10.8. The fourth-order valence-electron chi connectivity index (χ4n) is 8.54. The molecule has 2 amide bonds. The number of amides is 2. The number of aromatic nitrogens is 1. The number of imide groups is 1. The Morgan fingerprint density at radius 2 is 1.76 bits per heavy atom. The van der Waals surface area contributed by atoms with Crippen molar-refractivity contribution in [2.24, 2.45) is 17.8 Å². The highest BCUT2D eigenvalue weighted by Crippen LogP contribution is 2.51. The van der Waals surface area contributed by atoms with E-state index in [1.54, 1.807) is 30.3 Å². The molecule has 0 spiro atoms. The number of fused-ring (bicyclic) bond motifs is 3. The van der Waals surface area contributed by atoms with Crippen molar-refractivity contribution < 1.29 is 29.1 Å². The van der Waals surface area contributed by atoms with E-state index in [1.165, 1.54) is 5.56 Å². The van der Waals surface area contributed by atoms with Crippen LogP contribution in [0.4, 0.5) is 0 Å². The number of likely N-dealkylation sites (tertiary alicyclic amines) is 2. The molecule has 2 aromatic carbocycles. The van der Waals surface area contributed by atoms with E-state index in [-0.39, 0.29) is 35.8 Å². The molecular weight excluding hydrogens is 617 g/mol. The lowest BCUT2D eigenvalue weighted by molar-refractivity contribution is -0.144. The molecule has 4 atom stereocenters. The normalized spacial score (nSPS) is 25.1. The first-order valence-corrected chi connectivity index (χ1v) is 17.5. The van der Waals surface area contributed by atoms with E-state index in [9.17, 15) is 19.7 Å². The summed E-state index contributed by atoms with van der Waals surface area (Å²) in [6.07, 6.45) is 6.53. The molecular formula is C39H44BN3O6. The van der Waals surface area contributed by atoms with E-state index < -0.39 is 25.1 Å². The quantitative estimate of drug-likeness (QED) is 0.173. The number of methoxy groups -OCH3 is 1. The van der Waals surface area contributed by atoms with Crippen LogP contribution in [0.15, 0.2) is 90.1 Å². The number of nitrogens with zero attached hydrogens (tertiary/aromatic N) is 3. The molecule has 10 heteroatoms. The number of pyridine rings is 1. The molecule has 0 radical (unpaired) electrons. The Morgan fingerprint density at radius 3 is 2.49 bits per heavy atom. The third kappa shape index (κ3) is 7.01. The van der Waals surface area contributed by atoms with Crippen LogP contribution < -0.4 is 0 Å². The van der Waals surface area contributed by atoms with E-state index in [0.29, 0.717) is 31.4 Å². The SMILES string of the molecule is COCC1=C2[C@@H](CC/C(=C/c3ccccc3O)c3ccccn3)OB(O)C[C@@H]2[C@@H]2C(=O)N(C3CCN(Cc4ccccc4)CC3)C(=O)[C@@H]2C1. The molecule has 3 aromatic rings. The molecule has 3 saturated heterocycles. The van der Waals surface area contributed by atoms with Gasteiger partial charge in [0.2, 0.25) is 11.8 Å². The van der Waals surface area contributed by atoms with Crippen LogP contribution in [0.3, 0.4) is 0 Å². The lowest BCUT2D eigenvalue weighted by atomic mass is 9.58. The number of rotatable bonds is 10. The first kappa shape index (κ1) is 33.4. The summed E-state index contributed by atoms with van der Waals surface area (Å²) in [5.74, 6) is -1.28. The first-order valence-electron chi connectivity index (χ1n) is 17.5. The van der Waals surface area contributed by atoms with Crippen LogP contribution in [0, 0.1) is 17.8 Å². The van der Waals surface area contributed by atoms with E-state index in [1.807, 2.05) is 42.5 Å². The number of phenolic OH excluding ortho intramolecular Hbond substituents is 1. The van der Waals surface area contributed by atoms with Crippen molar-refractivity contribution in [3.05, 3.63) is 107 Å². The summed E-state index contributed by atoms with van der Waals surface area (Å²) in [5, 5.41) is 21.6. The topological polar surface area (TPSA) is 112 Å². The predicted molar refractivity (Wildman–Crippen MR) is 188 cm³/mol. The molecule has 1 aromatic heterocycles. The van der Waals surface area contributed by atoms with Gasteiger partial charge in [-0.1, -0.05) is 54.6 Å². The van der Waals surface area contributed by atoms with Crippen molar-refractivity contribution in [3.63, 3.8) is 0 Å². The fraction of sp³-hybridized carbons (Fsp3) is 0.410. The van der Waals surface area contributed by atoms with Crippen molar-refractivity contribution in [2.45, 2.75) is 57.1 Å². The Kier molecular flexibility index (Phi) is 10.1. The van der Waals surface area contributed by atoms with Gasteiger partial charge in [0.05, 0.1) is 30.2 Å². The minimum atomic E-state index is -1.06. The van der Waals surface area contributed by atoms with Gasteiger partial charge in [0, 0.05) is 44.5 Å².